The molecule has 1 N–H and O–H groups in total. The Morgan fingerprint density at radius 2 is 2.00 bits per heavy atom. The number of thioether (sulfide) groups is 1. The van der Waals surface area contributed by atoms with Crippen molar-refractivity contribution in [1.82, 2.24) is 5.32 Å². The second kappa shape index (κ2) is 7.95. The highest BCUT2D eigenvalue weighted by molar-refractivity contribution is 7.99. The van der Waals surface area contributed by atoms with Crippen LogP contribution in [-0.4, -0.2) is 31.3 Å². The summed E-state index contributed by atoms with van der Waals surface area (Å²) in [5, 5.41) is 4.60. The van der Waals surface area contributed by atoms with Crippen molar-refractivity contribution in [2.24, 2.45) is 0 Å². The highest BCUT2D eigenvalue weighted by Gasteiger charge is 2.25. The van der Waals surface area contributed by atoms with Crippen molar-refractivity contribution >= 4 is 11.8 Å². The van der Waals surface area contributed by atoms with Crippen LogP contribution in [0.3, 0.4) is 0 Å². The van der Waals surface area contributed by atoms with Crippen molar-refractivity contribution in [2.75, 3.05) is 20.0 Å². The van der Waals surface area contributed by atoms with Crippen LogP contribution in [0.2, 0.25) is 0 Å². The number of methoxy groups -OCH3 is 2. The van der Waals surface area contributed by atoms with Gasteiger partial charge >= 0.3 is 0 Å². The van der Waals surface area contributed by atoms with Gasteiger partial charge in [-0.15, -0.1) is 0 Å². The molecule has 1 aliphatic carbocycles. The summed E-state index contributed by atoms with van der Waals surface area (Å²) in [4.78, 5) is 0. The molecule has 0 aliphatic heterocycles. The molecule has 3 atom stereocenters. The fraction of sp³-hybridized carbons (Fsp3) is 0.647. The van der Waals surface area contributed by atoms with E-state index in [-0.39, 0.29) is 0 Å². The van der Waals surface area contributed by atoms with Crippen LogP contribution in [0.25, 0.3) is 0 Å². The van der Waals surface area contributed by atoms with E-state index < -0.39 is 0 Å². The summed E-state index contributed by atoms with van der Waals surface area (Å²) < 4.78 is 10.7. The first kappa shape index (κ1) is 16.5. The van der Waals surface area contributed by atoms with Gasteiger partial charge in [0.1, 0.15) is 0 Å². The molecule has 1 fully saturated rings. The van der Waals surface area contributed by atoms with Gasteiger partial charge in [-0.05, 0) is 49.6 Å². The van der Waals surface area contributed by atoms with E-state index in [1.165, 1.54) is 30.6 Å². The number of rotatable bonds is 7. The molecule has 3 unspecified atom stereocenters. The zero-order valence-corrected chi connectivity index (χ0v) is 14.3. The van der Waals surface area contributed by atoms with E-state index in [0.29, 0.717) is 12.1 Å². The lowest BCUT2D eigenvalue weighted by atomic mass is 10.1. The molecule has 0 heterocycles. The number of ether oxygens (including phenoxy) is 2. The molecule has 2 rings (SSSR count). The Morgan fingerprint density at radius 3 is 2.67 bits per heavy atom. The number of hydrogen-bond acceptors (Lipinski definition) is 4. The van der Waals surface area contributed by atoms with Crippen LogP contribution >= 0.6 is 11.8 Å². The van der Waals surface area contributed by atoms with Crippen LogP contribution in [0.5, 0.6) is 11.5 Å². The average molecular weight is 309 g/mol. The first-order valence-electron chi connectivity index (χ1n) is 7.77. The monoisotopic (exact) mass is 309 g/mol. The maximum Gasteiger partial charge on any atom is 0.161 e. The van der Waals surface area contributed by atoms with E-state index in [1.807, 2.05) is 6.07 Å². The van der Waals surface area contributed by atoms with E-state index in [2.05, 4.69) is 43.1 Å². The quantitative estimate of drug-likeness (QED) is 0.824. The molecule has 1 saturated carbocycles. The Bertz CT molecular complexity index is 452. The van der Waals surface area contributed by atoms with E-state index >= 15 is 0 Å². The highest BCUT2D eigenvalue weighted by Crippen LogP contribution is 2.33. The van der Waals surface area contributed by atoms with E-state index in [4.69, 9.17) is 9.47 Å². The molecule has 1 aromatic carbocycles. The Labute approximate surface area is 132 Å². The van der Waals surface area contributed by atoms with E-state index in [0.717, 1.165) is 16.7 Å². The molecule has 0 radical (unpaired) electrons. The number of nitrogens with one attached hydrogen (secondary N) is 1. The standard InChI is InChI=1S/C17H27NO2S/c1-5-21-15-8-7-14(11-15)18-12(2)13-6-9-16(19-3)17(10-13)20-4/h6,9-10,12,14-15,18H,5,7-8,11H2,1-4H3. The van der Waals surface area contributed by atoms with Gasteiger partial charge in [0, 0.05) is 17.3 Å². The van der Waals surface area contributed by atoms with Gasteiger partial charge in [-0.3, -0.25) is 0 Å². The minimum absolute atomic E-state index is 0.334. The van der Waals surface area contributed by atoms with E-state index in [1.54, 1.807) is 14.2 Å². The predicted molar refractivity (Wildman–Crippen MR) is 90.7 cm³/mol. The molecular weight excluding hydrogens is 282 g/mol. The smallest absolute Gasteiger partial charge is 0.161 e. The molecule has 0 saturated heterocycles. The topological polar surface area (TPSA) is 30.5 Å². The molecule has 1 aliphatic rings. The van der Waals surface area contributed by atoms with Crippen LogP contribution < -0.4 is 14.8 Å². The van der Waals surface area contributed by atoms with Crippen molar-refractivity contribution in [3.05, 3.63) is 23.8 Å². The molecule has 118 valence electrons. The minimum atomic E-state index is 0.334. The normalized spacial score (nSPS) is 23.0. The van der Waals surface area contributed by atoms with Crippen molar-refractivity contribution in [3.63, 3.8) is 0 Å². The molecule has 0 aromatic heterocycles. The number of hydrogen-bond donors (Lipinski definition) is 1. The van der Waals surface area contributed by atoms with Crippen LogP contribution in [0.15, 0.2) is 18.2 Å². The van der Waals surface area contributed by atoms with Gasteiger partial charge in [0.05, 0.1) is 14.2 Å². The second-order valence-corrected chi connectivity index (χ2v) is 7.17. The lowest BCUT2D eigenvalue weighted by Gasteiger charge is -2.21. The van der Waals surface area contributed by atoms with Gasteiger partial charge in [0.25, 0.3) is 0 Å². The largest absolute Gasteiger partial charge is 0.493 e. The molecule has 0 amide bonds. The third kappa shape index (κ3) is 4.30. The average Bonchev–Trinajstić information content (AvgIpc) is 2.94. The minimum Gasteiger partial charge on any atom is -0.493 e. The summed E-state index contributed by atoms with van der Waals surface area (Å²) >= 11 is 2.10. The first-order valence-corrected chi connectivity index (χ1v) is 8.82. The van der Waals surface area contributed by atoms with Crippen molar-refractivity contribution in [3.8, 4) is 11.5 Å². The van der Waals surface area contributed by atoms with Crippen LogP contribution in [-0.2, 0) is 0 Å². The third-order valence-electron chi connectivity index (χ3n) is 4.18. The fourth-order valence-corrected chi connectivity index (χ4v) is 4.19. The molecule has 0 spiro atoms. The zero-order chi connectivity index (χ0) is 15.2. The van der Waals surface area contributed by atoms with Crippen LogP contribution in [0.4, 0.5) is 0 Å². The van der Waals surface area contributed by atoms with Crippen molar-refractivity contribution in [2.45, 2.75) is 50.4 Å². The Kier molecular flexibility index (Phi) is 6.24. The van der Waals surface area contributed by atoms with Gasteiger partial charge in [0.15, 0.2) is 11.5 Å². The van der Waals surface area contributed by atoms with Gasteiger partial charge in [-0.1, -0.05) is 13.0 Å². The summed E-state index contributed by atoms with van der Waals surface area (Å²) in [6.45, 7) is 4.47. The second-order valence-electron chi connectivity index (χ2n) is 5.59. The fourth-order valence-electron chi connectivity index (χ4n) is 3.05. The molecule has 0 bridgehead atoms. The van der Waals surface area contributed by atoms with Gasteiger partial charge in [-0.2, -0.15) is 11.8 Å². The molecule has 1 aromatic rings. The van der Waals surface area contributed by atoms with Gasteiger partial charge in [0.2, 0.25) is 0 Å². The SMILES string of the molecule is CCSC1CCC(NC(C)c2ccc(OC)c(OC)c2)C1. The van der Waals surface area contributed by atoms with Crippen LogP contribution in [0, 0.1) is 0 Å². The third-order valence-corrected chi connectivity index (χ3v) is 5.41. The summed E-state index contributed by atoms with van der Waals surface area (Å²) in [6.07, 6.45) is 3.92. The van der Waals surface area contributed by atoms with Crippen LogP contribution in [0.1, 0.15) is 44.7 Å². The van der Waals surface area contributed by atoms with Gasteiger partial charge < -0.3 is 14.8 Å². The molecule has 4 heteroatoms. The Balaban J connectivity index is 1.96. The Hall–Kier alpha value is -0.870. The zero-order valence-electron chi connectivity index (χ0n) is 13.5. The predicted octanol–water partition coefficient (Wildman–Crippen LogP) is 4.03. The van der Waals surface area contributed by atoms with Crippen molar-refractivity contribution < 1.29 is 9.47 Å². The lowest BCUT2D eigenvalue weighted by Crippen LogP contribution is -2.29. The number of benzene rings is 1. The molecular formula is C17H27NO2S. The molecule has 21 heavy (non-hydrogen) atoms. The van der Waals surface area contributed by atoms with Gasteiger partial charge in [-0.25, -0.2) is 0 Å². The summed E-state index contributed by atoms with van der Waals surface area (Å²) in [7, 11) is 3.35. The van der Waals surface area contributed by atoms with Crippen molar-refractivity contribution in [1.29, 1.82) is 0 Å². The first-order chi connectivity index (χ1) is 10.2. The van der Waals surface area contributed by atoms with E-state index in [9.17, 15) is 0 Å². The summed E-state index contributed by atoms with van der Waals surface area (Å²) in [5.74, 6) is 2.81. The lowest BCUT2D eigenvalue weighted by molar-refractivity contribution is 0.353. The maximum atomic E-state index is 5.39. The highest BCUT2D eigenvalue weighted by atomic mass is 32.2. The Morgan fingerprint density at radius 1 is 1.24 bits per heavy atom. The maximum absolute atomic E-state index is 5.39. The summed E-state index contributed by atoms with van der Waals surface area (Å²) in [5.41, 5.74) is 1.25. The molecule has 3 nitrogen and oxygen atoms in total. The summed E-state index contributed by atoms with van der Waals surface area (Å²) in [6, 6.07) is 7.14.